The number of para-hydroxylation sites is 3. The monoisotopic (exact) mass is 489 g/mol. The molecule has 5 heteroatoms. The first kappa shape index (κ1) is 21.8. The zero-order valence-electron chi connectivity index (χ0n) is 20.1. The average molecular weight is 490 g/mol. The summed E-state index contributed by atoms with van der Waals surface area (Å²) >= 11 is 0. The quantitative estimate of drug-likeness (QED) is 0.188. The zero-order valence-corrected chi connectivity index (χ0v) is 20.1. The highest BCUT2D eigenvalue weighted by atomic mass is 16.2. The summed E-state index contributed by atoms with van der Waals surface area (Å²) in [5, 5.41) is 2.07. The lowest BCUT2D eigenvalue weighted by atomic mass is 10.0. The molecule has 0 spiro atoms. The van der Waals surface area contributed by atoms with Gasteiger partial charge in [0.25, 0.3) is 11.8 Å². The van der Waals surface area contributed by atoms with E-state index in [0.29, 0.717) is 28.2 Å². The van der Waals surface area contributed by atoms with E-state index in [0.717, 1.165) is 32.9 Å². The highest BCUT2D eigenvalue weighted by Gasteiger charge is 2.39. The Bertz CT molecular complexity index is 1980. The Labute approximate surface area is 218 Å². The summed E-state index contributed by atoms with van der Waals surface area (Å²) in [5.74, 6) is -0.672. The van der Waals surface area contributed by atoms with Crippen molar-refractivity contribution in [1.29, 1.82) is 0 Å². The molecule has 0 aliphatic carbocycles. The third-order valence-electron chi connectivity index (χ3n) is 7.13. The van der Waals surface area contributed by atoms with Crippen LogP contribution < -0.4 is 4.90 Å². The number of imide groups is 1. The van der Waals surface area contributed by atoms with Gasteiger partial charge in [0, 0.05) is 16.3 Å². The SMILES string of the molecule is [C-]#[N+]c1cccc(-c2cccc3c4ccccc4n(-c4cccc5c4C(=O)N(c4ccccc4)C5=O)c23)c1. The smallest absolute Gasteiger partial charge is 0.268 e. The van der Waals surface area contributed by atoms with E-state index in [4.69, 9.17) is 6.57 Å². The van der Waals surface area contributed by atoms with Crippen LogP contribution in [0.15, 0.2) is 115 Å². The Morgan fingerprint density at radius 3 is 2.18 bits per heavy atom. The lowest BCUT2D eigenvalue weighted by Gasteiger charge is -2.15. The zero-order chi connectivity index (χ0) is 25.8. The molecule has 1 aliphatic rings. The normalized spacial score (nSPS) is 12.8. The van der Waals surface area contributed by atoms with Crippen LogP contribution in [0.25, 0.3) is 43.5 Å². The predicted octanol–water partition coefficient (Wildman–Crippen LogP) is 7.80. The van der Waals surface area contributed by atoms with Crippen LogP contribution in [0.4, 0.5) is 11.4 Å². The Balaban J connectivity index is 1.56. The summed E-state index contributed by atoms with van der Waals surface area (Å²) in [6, 6.07) is 36.2. The predicted molar refractivity (Wildman–Crippen MR) is 150 cm³/mol. The molecule has 2 amide bonds. The van der Waals surface area contributed by atoms with Gasteiger partial charge in [-0.05, 0) is 42.0 Å². The van der Waals surface area contributed by atoms with Crippen LogP contribution in [-0.2, 0) is 0 Å². The first-order valence-corrected chi connectivity index (χ1v) is 12.2. The summed E-state index contributed by atoms with van der Waals surface area (Å²) in [6.45, 7) is 7.49. The molecule has 5 aromatic carbocycles. The van der Waals surface area contributed by atoms with Crippen molar-refractivity contribution in [2.45, 2.75) is 0 Å². The van der Waals surface area contributed by atoms with E-state index in [-0.39, 0.29) is 11.8 Å². The minimum atomic E-state index is -0.342. The van der Waals surface area contributed by atoms with E-state index in [2.05, 4.69) is 21.5 Å². The number of anilines is 1. The topological polar surface area (TPSA) is 46.7 Å². The number of carbonyl (C=O) groups is 2. The van der Waals surface area contributed by atoms with E-state index in [9.17, 15) is 9.59 Å². The van der Waals surface area contributed by atoms with Crippen molar-refractivity contribution in [3.8, 4) is 16.8 Å². The second kappa shape index (κ2) is 8.29. The van der Waals surface area contributed by atoms with Crippen LogP contribution in [0.3, 0.4) is 0 Å². The fraction of sp³-hybridized carbons (Fsp3) is 0. The van der Waals surface area contributed by atoms with E-state index in [1.165, 1.54) is 4.90 Å². The third kappa shape index (κ3) is 3.04. The molecule has 0 N–H and O–H groups in total. The van der Waals surface area contributed by atoms with Gasteiger partial charge in [0.05, 0.1) is 40.1 Å². The summed E-state index contributed by atoms with van der Waals surface area (Å²) in [6.07, 6.45) is 0. The van der Waals surface area contributed by atoms with E-state index in [1.807, 2.05) is 78.9 Å². The van der Waals surface area contributed by atoms with Crippen LogP contribution in [0, 0.1) is 6.57 Å². The van der Waals surface area contributed by atoms with Crippen LogP contribution in [0.1, 0.15) is 20.7 Å². The Hall–Kier alpha value is -5.47. The van der Waals surface area contributed by atoms with E-state index < -0.39 is 0 Å². The van der Waals surface area contributed by atoms with Crippen LogP contribution in [0.5, 0.6) is 0 Å². The summed E-state index contributed by atoms with van der Waals surface area (Å²) in [7, 11) is 0. The number of fused-ring (bicyclic) bond motifs is 4. The average Bonchev–Trinajstić information content (AvgIpc) is 3.45. The molecule has 6 aromatic rings. The molecule has 1 aliphatic heterocycles. The molecule has 0 radical (unpaired) electrons. The summed E-state index contributed by atoms with van der Waals surface area (Å²) < 4.78 is 2.09. The minimum absolute atomic E-state index is 0.330. The Kier molecular flexibility index (Phi) is 4.75. The van der Waals surface area contributed by atoms with Gasteiger partial charge in [-0.3, -0.25) is 9.59 Å². The van der Waals surface area contributed by atoms with Crippen molar-refractivity contribution >= 4 is 45.0 Å². The standard InChI is InChI=1S/C33H19N3O2/c1-34-22-11-7-10-21(20-22)24-15-8-16-26-25-14-5-6-18-28(25)36(31(24)26)29-19-9-17-27-30(29)33(38)35(32(27)37)23-12-3-2-4-13-23/h2-20H. The fourth-order valence-corrected chi connectivity index (χ4v) is 5.51. The maximum Gasteiger partial charge on any atom is 0.268 e. The second-order valence-electron chi connectivity index (χ2n) is 9.20. The lowest BCUT2D eigenvalue weighted by molar-refractivity contribution is 0.0926. The van der Waals surface area contributed by atoms with Gasteiger partial charge >= 0.3 is 0 Å². The van der Waals surface area contributed by atoms with Crippen molar-refractivity contribution in [2.75, 3.05) is 4.90 Å². The molecule has 2 heterocycles. The lowest BCUT2D eigenvalue weighted by Crippen LogP contribution is -2.29. The molecule has 0 saturated carbocycles. The Morgan fingerprint density at radius 1 is 0.632 bits per heavy atom. The van der Waals surface area contributed by atoms with Gasteiger partial charge in [-0.25, -0.2) is 9.74 Å². The Morgan fingerprint density at radius 2 is 1.34 bits per heavy atom. The van der Waals surface area contributed by atoms with Crippen LogP contribution in [-0.4, -0.2) is 16.4 Å². The number of hydrogen-bond acceptors (Lipinski definition) is 2. The number of aromatic nitrogens is 1. The molecule has 0 atom stereocenters. The molecule has 178 valence electrons. The van der Waals surface area contributed by atoms with Gasteiger partial charge in [-0.2, -0.15) is 0 Å². The van der Waals surface area contributed by atoms with Crippen molar-refractivity contribution in [3.63, 3.8) is 0 Å². The highest BCUT2D eigenvalue weighted by Crippen LogP contribution is 2.41. The number of benzene rings is 5. The van der Waals surface area contributed by atoms with E-state index >= 15 is 0 Å². The number of amides is 2. The minimum Gasteiger partial charge on any atom is -0.308 e. The molecule has 0 fully saturated rings. The van der Waals surface area contributed by atoms with Gasteiger partial charge in [0.2, 0.25) is 0 Å². The maximum atomic E-state index is 13.9. The van der Waals surface area contributed by atoms with Gasteiger partial charge < -0.3 is 4.57 Å². The van der Waals surface area contributed by atoms with Crippen molar-refractivity contribution < 1.29 is 9.59 Å². The molecular formula is C33H19N3O2. The van der Waals surface area contributed by atoms with Crippen LogP contribution >= 0.6 is 0 Å². The first-order valence-electron chi connectivity index (χ1n) is 12.2. The van der Waals surface area contributed by atoms with Gasteiger partial charge in [0.15, 0.2) is 5.69 Å². The molecule has 7 rings (SSSR count). The van der Waals surface area contributed by atoms with Gasteiger partial charge in [-0.15, -0.1) is 0 Å². The van der Waals surface area contributed by atoms with Crippen molar-refractivity contribution in [3.05, 3.63) is 138 Å². The number of carbonyl (C=O) groups excluding carboxylic acids is 2. The molecule has 1 aromatic heterocycles. The molecule has 0 bridgehead atoms. The number of nitrogens with zero attached hydrogens (tertiary/aromatic N) is 3. The molecule has 0 unspecified atom stereocenters. The number of rotatable bonds is 3. The molecule has 0 saturated heterocycles. The van der Waals surface area contributed by atoms with Crippen molar-refractivity contribution in [1.82, 2.24) is 4.57 Å². The maximum absolute atomic E-state index is 13.9. The fourth-order valence-electron chi connectivity index (χ4n) is 5.51. The molecular weight excluding hydrogens is 470 g/mol. The van der Waals surface area contributed by atoms with Gasteiger partial charge in [0.1, 0.15) is 0 Å². The second-order valence-corrected chi connectivity index (χ2v) is 9.20. The summed E-state index contributed by atoms with van der Waals surface area (Å²) in [5.41, 5.74) is 6.23. The molecule has 38 heavy (non-hydrogen) atoms. The van der Waals surface area contributed by atoms with Crippen LogP contribution in [0.2, 0.25) is 0 Å². The highest BCUT2D eigenvalue weighted by molar-refractivity contribution is 6.35. The molecule has 5 nitrogen and oxygen atoms in total. The van der Waals surface area contributed by atoms with E-state index in [1.54, 1.807) is 24.3 Å². The largest absolute Gasteiger partial charge is 0.308 e. The van der Waals surface area contributed by atoms with Crippen molar-refractivity contribution in [2.24, 2.45) is 0 Å². The first-order chi connectivity index (χ1) is 18.7. The third-order valence-corrected chi connectivity index (χ3v) is 7.13. The number of hydrogen-bond donors (Lipinski definition) is 0. The summed E-state index contributed by atoms with van der Waals surface area (Å²) in [4.78, 5) is 32.2. The van der Waals surface area contributed by atoms with Gasteiger partial charge in [-0.1, -0.05) is 78.9 Å².